The van der Waals surface area contributed by atoms with E-state index >= 15 is 0 Å². The molecule has 1 heterocycles. The first-order valence-corrected chi connectivity index (χ1v) is 10.5. The normalized spacial score (nSPS) is 16.8. The summed E-state index contributed by atoms with van der Waals surface area (Å²) in [6.07, 6.45) is 3.29. The molecule has 0 aromatic heterocycles. The molecule has 0 spiro atoms. The molecule has 1 unspecified atom stereocenters. The lowest BCUT2D eigenvalue weighted by Crippen LogP contribution is -2.50. The van der Waals surface area contributed by atoms with Gasteiger partial charge in [0.1, 0.15) is 5.75 Å². The molecule has 1 aromatic rings. The van der Waals surface area contributed by atoms with Gasteiger partial charge in [0, 0.05) is 32.7 Å². The highest BCUT2D eigenvalue weighted by Gasteiger charge is 2.26. The highest BCUT2D eigenvalue weighted by molar-refractivity contribution is 5.90. The fraction of sp³-hybridized carbons (Fsp3) is 0.682. The molecule has 1 aliphatic rings. The standard InChI is InChI=1S/C22H37N3O3/c1-17(2)20(25-12-10-18(3)11-13-25)16-23-22(26)24-19-8-5-6-9-21(19)28-15-7-14-27-4/h5-6,8-9,17-18,20H,7,10-16H2,1-4H3,(H2,23,24,26). The monoisotopic (exact) mass is 391 g/mol. The van der Waals surface area contributed by atoms with Crippen LogP contribution in [-0.2, 0) is 4.74 Å². The molecule has 2 N–H and O–H groups in total. The number of para-hydroxylation sites is 2. The lowest BCUT2D eigenvalue weighted by Gasteiger charge is -2.38. The molecule has 1 atom stereocenters. The fourth-order valence-corrected chi connectivity index (χ4v) is 3.59. The predicted molar refractivity (Wildman–Crippen MR) is 114 cm³/mol. The maximum absolute atomic E-state index is 12.5. The van der Waals surface area contributed by atoms with Crippen LogP contribution in [0.1, 0.15) is 40.0 Å². The van der Waals surface area contributed by atoms with E-state index in [9.17, 15) is 4.79 Å². The number of urea groups is 1. The summed E-state index contributed by atoms with van der Waals surface area (Å²) in [5, 5.41) is 5.99. The van der Waals surface area contributed by atoms with Gasteiger partial charge in [-0.15, -0.1) is 0 Å². The largest absolute Gasteiger partial charge is 0.491 e. The van der Waals surface area contributed by atoms with E-state index in [0.29, 0.717) is 43.2 Å². The number of amides is 2. The molecule has 158 valence electrons. The van der Waals surface area contributed by atoms with E-state index in [-0.39, 0.29) is 6.03 Å². The van der Waals surface area contributed by atoms with E-state index in [0.717, 1.165) is 25.4 Å². The van der Waals surface area contributed by atoms with Crippen molar-refractivity contribution in [3.8, 4) is 5.75 Å². The molecule has 0 radical (unpaired) electrons. The topological polar surface area (TPSA) is 62.8 Å². The minimum absolute atomic E-state index is 0.191. The molecule has 0 bridgehead atoms. The smallest absolute Gasteiger partial charge is 0.319 e. The molecule has 2 rings (SSSR count). The van der Waals surface area contributed by atoms with Gasteiger partial charge in [-0.3, -0.25) is 4.90 Å². The van der Waals surface area contributed by atoms with Gasteiger partial charge in [-0.2, -0.15) is 0 Å². The summed E-state index contributed by atoms with van der Waals surface area (Å²) in [6.45, 7) is 10.9. The number of nitrogens with one attached hydrogen (secondary N) is 2. The van der Waals surface area contributed by atoms with Crippen LogP contribution in [0.15, 0.2) is 24.3 Å². The van der Waals surface area contributed by atoms with Crippen molar-refractivity contribution in [2.24, 2.45) is 11.8 Å². The molecule has 1 fully saturated rings. The van der Waals surface area contributed by atoms with Crippen LogP contribution < -0.4 is 15.4 Å². The number of nitrogens with zero attached hydrogens (tertiary/aromatic N) is 1. The highest BCUT2D eigenvalue weighted by atomic mass is 16.5. The van der Waals surface area contributed by atoms with Crippen LogP contribution >= 0.6 is 0 Å². The summed E-state index contributed by atoms with van der Waals surface area (Å²) >= 11 is 0. The number of benzene rings is 1. The molecule has 6 nitrogen and oxygen atoms in total. The third-order valence-electron chi connectivity index (χ3n) is 5.41. The number of piperidine rings is 1. The lowest BCUT2D eigenvalue weighted by molar-refractivity contribution is 0.108. The zero-order valence-electron chi connectivity index (χ0n) is 17.9. The van der Waals surface area contributed by atoms with Crippen LogP contribution in [0, 0.1) is 11.8 Å². The molecular formula is C22H37N3O3. The number of anilines is 1. The van der Waals surface area contributed by atoms with E-state index in [2.05, 4.69) is 36.3 Å². The van der Waals surface area contributed by atoms with Gasteiger partial charge in [-0.25, -0.2) is 4.79 Å². The van der Waals surface area contributed by atoms with Crippen LogP contribution in [0.25, 0.3) is 0 Å². The van der Waals surface area contributed by atoms with Gasteiger partial charge in [-0.1, -0.05) is 32.9 Å². The number of likely N-dealkylation sites (tertiary alicyclic amines) is 1. The van der Waals surface area contributed by atoms with Crippen LogP contribution in [0.5, 0.6) is 5.75 Å². The van der Waals surface area contributed by atoms with Crippen molar-refractivity contribution < 1.29 is 14.3 Å². The lowest BCUT2D eigenvalue weighted by atomic mass is 9.94. The average Bonchev–Trinajstić information content (AvgIpc) is 2.67. The van der Waals surface area contributed by atoms with Gasteiger partial charge in [0.15, 0.2) is 0 Å². The number of methoxy groups -OCH3 is 1. The third-order valence-corrected chi connectivity index (χ3v) is 5.41. The molecular weight excluding hydrogens is 354 g/mol. The third kappa shape index (κ3) is 7.32. The Morgan fingerprint density at radius 1 is 1.21 bits per heavy atom. The van der Waals surface area contributed by atoms with Crippen molar-refractivity contribution in [1.82, 2.24) is 10.2 Å². The maximum Gasteiger partial charge on any atom is 0.319 e. The average molecular weight is 392 g/mol. The minimum atomic E-state index is -0.191. The first kappa shape index (κ1) is 22.5. The number of carbonyl (C=O) groups is 1. The molecule has 6 heteroatoms. The van der Waals surface area contributed by atoms with E-state index in [1.807, 2.05) is 24.3 Å². The van der Waals surface area contributed by atoms with Gasteiger partial charge in [0.05, 0.1) is 12.3 Å². The Balaban J connectivity index is 1.85. The van der Waals surface area contributed by atoms with Crippen LogP contribution in [0.3, 0.4) is 0 Å². The Hall–Kier alpha value is -1.79. The molecule has 0 saturated carbocycles. The summed E-state index contributed by atoms with van der Waals surface area (Å²) in [4.78, 5) is 15.0. The number of ether oxygens (including phenoxy) is 2. The Morgan fingerprint density at radius 3 is 2.61 bits per heavy atom. The highest BCUT2D eigenvalue weighted by Crippen LogP contribution is 2.24. The molecule has 1 aliphatic heterocycles. The summed E-state index contributed by atoms with van der Waals surface area (Å²) in [6, 6.07) is 7.69. The Bertz CT molecular complexity index is 586. The van der Waals surface area contributed by atoms with E-state index in [1.54, 1.807) is 7.11 Å². The van der Waals surface area contributed by atoms with Gasteiger partial charge in [-0.05, 0) is 49.9 Å². The van der Waals surface area contributed by atoms with Crippen molar-refractivity contribution in [2.75, 3.05) is 45.3 Å². The van der Waals surface area contributed by atoms with Crippen molar-refractivity contribution in [3.05, 3.63) is 24.3 Å². The van der Waals surface area contributed by atoms with Crippen LogP contribution in [0.4, 0.5) is 10.5 Å². The fourth-order valence-electron chi connectivity index (χ4n) is 3.59. The van der Waals surface area contributed by atoms with Gasteiger partial charge < -0.3 is 20.1 Å². The number of hydrogen-bond donors (Lipinski definition) is 2. The quantitative estimate of drug-likeness (QED) is 0.592. The summed E-state index contributed by atoms with van der Waals surface area (Å²) in [5.74, 6) is 1.98. The maximum atomic E-state index is 12.5. The molecule has 1 aromatic carbocycles. The number of hydrogen-bond acceptors (Lipinski definition) is 4. The molecule has 2 amide bonds. The Kier molecular flexibility index (Phi) is 9.58. The second-order valence-corrected chi connectivity index (χ2v) is 8.06. The van der Waals surface area contributed by atoms with Gasteiger partial charge in [0.25, 0.3) is 0 Å². The predicted octanol–water partition coefficient (Wildman–Crippen LogP) is 3.98. The number of rotatable bonds is 10. The summed E-state index contributed by atoms with van der Waals surface area (Å²) in [7, 11) is 1.68. The van der Waals surface area contributed by atoms with Crippen molar-refractivity contribution in [2.45, 2.75) is 46.1 Å². The summed E-state index contributed by atoms with van der Waals surface area (Å²) < 4.78 is 10.8. The minimum Gasteiger partial charge on any atom is -0.491 e. The van der Waals surface area contributed by atoms with Crippen LogP contribution in [0.2, 0.25) is 0 Å². The van der Waals surface area contributed by atoms with Crippen LogP contribution in [-0.4, -0.2) is 56.9 Å². The summed E-state index contributed by atoms with van der Waals surface area (Å²) in [5.41, 5.74) is 0.685. The second kappa shape index (κ2) is 11.9. The van der Waals surface area contributed by atoms with Gasteiger partial charge in [0.2, 0.25) is 0 Å². The Morgan fingerprint density at radius 2 is 1.93 bits per heavy atom. The molecule has 28 heavy (non-hydrogen) atoms. The second-order valence-electron chi connectivity index (χ2n) is 8.06. The number of carbonyl (C=O) groups excluding carboxylic acids is 1. The van der Waals surface area contributed by atoms with E-state index < -0.39 is 0 Å². The first-order valence-electron chi connectivity index (χ1n) is 10.5. The van der Waals surface area contributed by atoms with E-state index in [4.69, 9.17) is 9.47 Å². The SMILES string of the molecule is COCCCOc1ccccc1NC(=O)NCC(C(C)C)N1CCC(C)CC1. The van der Waals surface area contributed by atoms with Crippen molar-refractivity contribution >= 4 is 11.7 Å². The zero-order chi connectivity index (χ0) is 20.4. The van der Waals surface area contributed by atoms with Crippen molar-refractivity contribution in [1.29, 1.82) is 0 Å². The van der Waals surface area contributed by atoms with E-state index in [1.165, 1.54) is 12.8 Å². The first-order chi connectivity index (χ1) is 13.5. The van der Waals surface area contributed by atoms with Gasteiger partial charge >= 0.3 is 6.03 Å². The zero-order valence-corrected chi connectivity index (χ0v) is 17.9. The Labute approximate surface area is 170 Å². The van der Waals surface area contributed by atoms with Crippen molar-refractivity contribution in [3.63, 3.8) is 0 Å². The molecule has 1 saturated heterocycles. The molecule has 0 aliphatic carbocycles.